The molecule has 110 valence electrons. The second-order valence-corrected chi connectivity index (χ2v) is 5.93. The molecule has 0 bridgehead atoms. The maximum Gasteiger partial charge on any atom is 0.131 e. The van der Waals surface area contributed by atoms with Gasteiger partial charge in [0.25, 0.3) is 0 Å². The third-order valence-electron chi connectivity index (χ3n) is 3.35. The van der Waals surface area contributed by atoms with E-state index in [4.69, 9.17) is 4.74 Å². The third kappa shape index (κ3) is 3.69. The molecule has 2 unspecified atom stereocenters. The number of nitrogens with one attached hydrogen (secondary N) is 1. The normalized spacial score (nSPS) is 14.3. The predicted octanol–water partition coefficient (Wildman–Crippen LogP) is 2.98. The van der Waals surface area contributed by atoms with Gasteiger partial charge in [0.1, 0.15) is 11.9 Å². The van der Waals surface area contributed by atoms with Crippen LogP contribution in [0.15, 0.2) is 29.9 Å². The molecule has 4 nitrogen and oxygen atoms in total. The van der Waals surface area contributed by atoms with Crippen molar-refractivity contribution in [3.63, 3.8) is 0 Å². The van der Waals surface area contributed by atoms with Crippen LogP contribution >= 0.6 is 11.3 Å². The first-order valence-electron chi connectivity index (χ1n) is 7.01. The summed E-state index contributed by atoms with van der Waals surface area (Å²) in [6.45, 7) is 2.92. The molecule has 0 fully saturated rings. The Morgan fingerprint density at radius 2 is 2.35 bits per heavy atom. The SMILES string of the molecule is CCCC(COC)NC(c1cccs1)c1nccn1C. The van der Waals surface area contributed by atoms with Crippen molar-refractivity contribution in [2.45, 2.75) is 31.8 Å². The highest BCUT2D eigenvalue weighted by Crippen LogP contribution is 2.25. The van der Waals surface area contributed by atoms with Crippen LogP contribution in [0.5, 0.6) is 0 Å². The van der Waals surface area contributed by atoms with Crippen LogP contribution in [0.1, 0.15) is 36.5 Å². The summed E-state index contributed by atoms with van der Waals surface area (Å²) in [4.78, 5) is 5.80. The average molecular weight is 293 g/mol. The largest absolute Gasteiger partial charge is 0.383 e. The maximum atomic E-state index is 5.34. The van der Waals surface area contributed by atoms with Crippen molar-refractivity contribution < 1.29 is 4.74 Å². The highest BCUT2D eigenvalue weighted by Gasteiger charge is 2.22. The second kappa shape index (κ2) is 7.57. The van der Waals surface area contributed by atoms with Crippen molar-refractivity contribution in [3.05, 3.63) is 40.6 Å². The Balaban J connectivity index is 2.21. The molecular weight excluding hydrogens is 270 g/mol. The summed E-state index contributed by atoms with van der Waals surface area (Å²) >= 11 is 1.76. The first-order chi connectivity index (χ1) is 9.76. The van der Waals surface area contributed by atoms with E-state index in [1.165, 1.54) is 4.88 Å². The lowest BCUT2D eigenvalue weighted by atomic mass is 10.1. The number of imidazole rings is 1. The summed E-state index contributed by atoms with van der Waals surface area (Å²) in [6, 6.07) is 4.71. The Morgan fingerprint density at radius 1 is 1.50 bits per heavy atom. The molecule has 0 spiro atoms. The maximum absolute atomic E-state index is 5.34. The molecule has 5 heteroatoms. The third-order valence-corrected chi connectivity index (χ3v) is 4.29. The van der Waals surface area contributed by atoms with Gasteiger partial charge in [0.15, 0.2) is 0 Å². The lowest BCUT2D eigenvalue weighted by molar-refractivity contribution is 0.158. The van der Waals surface area contributed by atoms with Crippen LogP contribution in [-0.4, -0.2) is 29.3 Å². The zero-order valence-corrected chi connectivity index (χ0v) is 13.2. The Bertz CT molecular complexity index is 489. The Hall–Kier alpha value is -1.17. The quantitative estimate of drug-likeness (QED) is 0.813. The molecule has 0 saturated heterocycles. The fourth-order valence-corrected chi connectivity index (χ4v) is 3.18. The van der Waals surface area contributed by atoms with Gasteiger partial charge in [0.2, 0.25) is 0 Å². The summed E-state index contributed by atoms with van der Waals surface area (Å²) in [6.07, 6.45) is 6.07. The molecule has 0 radical (unpaired) electrons. The van der Waals surface area contributed by atoms with Crippen molar-refractivity contribution in [2.75, 3.05) is 13.7 Å². The van der Waals surface area contributed by atoms with Gasteiger partial charge in [0, 0.05) is 37.5 Å². The van der Waals surface area contributed by atoms with E-state index in [0.717, 1.165) is 25.3 Å². The molecule has 2 rings (SSSR count). The van der Waals surface area contributed by atoms with Crippen LogP contribution in [0.3, 0.4) is 0 Å². The molecule has 2 heterocycles. The molecule has 0 aliphatic heterocycles. The lowest BCUT2D eigenvalue weighted by Gasteiger charge is -2.24. The van der Waals surface area contributed by atoms with Gasteiger partial charge in [0.05, 0.1) is 6.61 Å². The van der Waals surface area contributed by atoms with Crippen LogP contribution in [0.4, 0.5) is 0 Å². The zero-order chi connectivity index (χ0) is 14.4. The Kier molecular flexibility index (Phi) is 5.76. The molecule has 1 N–H and O–H groups in total. The fourth-order valence-electron chi connectivity index (χ4n) is 2.39. The standard InChI is InChI=1S/C15H23N3OS/c1-4-6-12(11-19-3)17-14(13-7-5-10-20-13)15-16-8-9-18(15)2/h5,7-10,12,14,17H,4,6,11H2,1-3H3. The number of thiophene rings is 1. The van der Waals surface area contributed by atoms with Crippen LogP contribution in [0, 0.1) is 0 Å². The van der Waals surface area contributed by atoms with Gasteiger partial charge in [-0.05, 0) is 17.9 Å². The predicted molar refractivity (Wildman–Crippen MR) is 83.1 cm³/mol. The Morgan fingerprint density at radius 3 is 2.90 bits per heavy atom. The van der Waals surface area contributed by atoms with Gasteiger partial charge >= 0.3 is 0 Å². The molecule has 0 aliphatic carbocycles. The lowest BCUT2D eigenvalue weighted by Crippen LogP contribution is -2.37. The summed E-state index contributed by atoms with van der Waals surface area (Å²) in [5, 5.41) is 5.81. The van der Waals surface area contributed by atoms with E-state index in [9.17, 15) is 0 Å². The number of aryl methyl sites for hydroxylation is 1. The number of hydrogen-bond donors (Lipinski definition) is 1. The number of rotatable bonds is 8. The van der Waals surface area contributed by atoms with E-state index in [1.807, 2.05) is 19.4 Å². The Labute approximate surface area is 124 Å². The molecule has 20 heavy (non-hydrogen) atoms. The van der Waals surface area contributed by atoms with E-state index >= 15 is 0 Å². The van der Waals surface area contributed by atoms with Crippen molar-refractivity contribution in [3.8, 4) is 0 Å². The monoisotopic (exact) mass is 293 g/mol. The van der Waals surface area contributed by atoms with Crippen molar-refractivity contribution in [1.82, 2.24) is 14.9 Å². The van der Waals surface area contributed by atoms with Gasteiger partial charge in [-0.3, -0.25) is 5.32 Å². The van der Waals surface area contributed by atoms with Crippen molar-refractivity contribution in [2.24, 2.45) is 7.05 Å². The minimum atomic E-state index is 0.127. The van der Waals surface area contributed by atoms with E-state index in [-0.39, 0.29) is 6.04 Å². The highest BCUT2D eigenvalue weighted by atomic mass is 32.1. The van der Waals surface area contributed by atoms with E-state index in [1.54, 1.807) is 18.4 Å². The van der Waals surface area contributed by atoms with Gasteiger partial charge in [-0.1, -0.05) is 19.4 Å². The van der Waals surface area contributed by atoms with E-state index < -0.39 is 0 Å². The van der Waals surface area contributed by atoms with Gasteiger partial charge in [-0.2, -0.15) is 0 Å². The average Bonchev–Trinajstić information content (AvgIpc) is 3.08. The molecule has 2 aromatic heterocycles. The molecule has 0 aliphatic rings. The molecular formula is C15H23N3OS. The minimum Gasteiger partial charge on any atom is -0.383 e. The van der Waals surface area contributed by atoms with Gasteiger partial charge < -0.3 is 9.30 Å². The van der Waals surface area contributed by atoms with E-state index in [0.29, 0.717) is 6.04 Å². The molecule has 2 atom stereocenters. The number of nitrogens with zero attached hydrogens (tertiary/aromatic N) is 2. The van der Waals surface area contributed by atoms with Crippen molar-refractivity contribution >= 4 is 11.3 Å². The number of methoxy groups -OCH3 is 1. The number of hydrogen-bond acceptors (Lipinski definition) is 4. The summed E-state index contributed by atoms with van der Waals surface area (Å²) < 4.78 is 7.41. The zero-order valence-electron chi connectivity index (χ0n) is 12.4. The minimum absolute atomic E-state index is 0.127. The number of aromatic nitrogens is 2. The van der Waals surface area contributed by atoms with Crippen LogP contribution in [-0.2, 0) is 11.8 Å². The second-order valence-electron chi connectivity index (χ2n) is 4.95. The van der Waals surface area contributed by atoms with Crippen LogP contribution in [0.25, 0.3) is 0 Å². The topological polar surface area (TPSA) is 39.1 Å². The fraction of sp³-hybridized carbons (Fsp3) is 0.533. The first kappa shape index (κ1) is 15.2. The van der Waals surface area contributed by atoms with Gasteiger partial charge in [-0.15, -0.1) is 11.3 Å². The molecule has 2 aromatic rings. The molecule has 0 amide bonds. The summed E-state index contributed by atoms with van der Waals surface area (Å²) in [5.41, 5.74) is 0. The van der Waals surface area contributed by atoms with Crippen LogP contribution < -0.4 is 5.32 Å². The highest BCUT2D eigenvalue weighted by molar-refractivity contribution is 7.10. The summed E-state index contributed by atoms with van der Waals surface area (Å²) in [7, 11) is 3.79. The molecule has 0 aromatic carbocycles. The van der Waals surface area contributed by atoms with Crippen molar-refractivity contribution in [1.29, 1.82) is 0 Å². The first-order valence-corrected chi connectivity index (χ1v) is 7.89. The van der Waals surface area contributed by atoms with E-state index in [2.05, 4.69) is 39.3 Å². The molecule has 0 saturated carbocycles. The number of ether oxygens (including phenoxy) is 1. The van der Waals surface area contributed by atoms with Gasteiger partial charge in [-0.25, -0.2) is 4.98 Å². The summed E-state index contributed by atoms with van der Waals surface area (Å²) in [5.74, 6) is 1.05. The smallest absolute Gasteiger partial charge is 0.131 e. The van der Waals surface area contributed by atoms with Crippen LogP contribution in [0.2, 0.25) is 0 Å².